The molecule has 1 aliphatic heterocycles. The van der Waals surface area contributed by atoms with Crippen LogP contribution in [-0.4, -0.2) is 70.7 Å². The molecule has 10 nitrogen and oxygen atoms in total. The topological polar surface area (TPSA) is 146 Å². The van der Waals surface area contributed by atoms with E-state index in [1.807, 2.05) is 41.5 Å². The SMILES string of the molecule is CCC(C)(C)C(=O)OC1CC(C)C=C2C=CC(C)C(CCC(O)CC(O)CC(=O)OC3CC(=O)OC(CCC4C(C)C=CC5=CC(C)CC(OC(=O)C(C)(C)CC)C54)C3)C21. The number of cyclic esters (lactones) is 1. The van der Waals surface area contributed by atoms with Crippen molar-refractivity contribution in [3.8, 4) is 0 Å². The number of hydrogen-bond donors (Lipinski definition) is 2. The Morgan fingerprint density at radius 2 is 1.23 bits per heavy atom. The van der Waals surface area contributed by atoms with E-state index in [1.165, 1.54) is 11.1 Å². The highest BCUT2D eigenvalue weighted by Crippen LogP contribution is 2.47. The fourth-order valence-corrected chi connectivity index (χ4v) is 10.1. The molecule has 1 heterocycles. The van der Waals surface area contributed by atoms with E-state index in [0.29, 0.717) is 38.5 Å². The van der Waals surface area contributed by atoms with E-state index in [2.05, 4.69) is 64.2 Å². The molecule has 10 heteroatoms. The molecular weight excluding hydrogens is 761 g/mol. The molecule has 5 aliphatic rings. The Kier molecular flexibility index (Phi) is 16.2. The first-order chi connectivity index (χ1) is 28.2. The highest BCUT2D eigenvalue weighted by molar-refractivity contribution is 5.76. The van der Waals surface area contributed by atoms with Crippen LogP contribution in [0.1, 0.15) is 146 Å². The van der Waals surface area contributed by atoms with Crippen LogP contribution >= 0.6 is 0 Å². The van der Waals surface area contributed by atoms with Gasteiger partial charge in [-0.3, -0.25) is 19.2 Å². The average molecular weight is 837 g/mol. The zero-order chi connectivity index (χ0) is 44.1. The van der Waals surface area contributed by atoms with Gasteiger partial charge in [0.15, 0.2) is 0 Å². The second kappa shape index (κ2) is 20.3. The highest BCUT2D eigenvalue weighted by Gasteiger charge is 2.45. The number of carbonyl (C=O) groups is 4. The molecule has 14 atom stereocenters. The molecule has 14 unspecified atom stereocenters. The van der Waals surface area contributed by atoms with Crippen LogP contribution in [0.3, 0.4) is 0 Å². The van der Waals surface area contributed by atoms with Gasteiger partial charge in [0.05, 0.1) is 35.9 Å². The van der Waals surface area contributed by atoms with Gasteiger partial charge < -0.3 is 29.2 Å². The average Bonchev–Trinajstić information content (AvgIpc) is 3.16. The number of rotatable bonds is 17. The Morgan fingerprint density at radius 1 is 0.733 bits per heavy atom. The van der Waals surface area contributed by atoms with Gasteiger partial charge >= 0.3 is 23.9 Å². The van der Waals surface area contributed by atoms with E-state index in [0.717, 1.165) is 19.3 Å². The number of aliphatic hydroxyl groups excluding tert-OH is 2. The van der Waals surface area contributed by atoms with Gasteiger partial charge in [0.2, 0.25) is 0 Å². The van der Waals surface area contributed by atoms with Crippen molar-refractivity contribution in [1.29, 1.82) is 0 Å². The fraction of sp³-hybridized carbons (Fsp3) is 0.760. The van der Waals surface area contributed by atoms with Gasteiger partial charge in [0.1, 0.15) is 24.4 Å². The number of carbonyl (C=O) groups excluding carboxylic acids is 4. The lowest BCUT2D eigenvalue weighted by atomic mass is 9.65. The second-order valence-corrected chi connectivity index (χ2v) is 20.5. The number of allylic oxidation sites excluding steroid dienone is 6. The smallest absolute Gasteiger partial charge is 0.311 e. The number of fused-ring (bicyclic) bond motifs is 2. The third-order valence-electron chi connectivity index (χ3n) is 14.7. The van der Waals surface area contributed by atoms with E-state index in [9.17, 15) is 29.4 Å². The van der Waals surface area contributed by atoms with Gasteiger partial charge in [-0.2, -0.15) is 0 Å². The predicted molar refractivity (Wildman–Crippen MR) is 231 cm³/mol. The van der Waals surface area contributed by atoms with Crippen molar-refractivity contribution in [2.24, 2.45) is 58.2 Å². The van der Waals surface area contributed by atoms with Crippen molar-refractivity contribution in [2.75, 3.05) is 0 Å². The van der Waals surface area contributed by atoms with Crippen molar-refractivity contribution < 1.29 is 48.3 Å². The zero-order valence-electron chi connectivity index (χ0n) is 38.2. The Hall–Kier alpha value is -3.24. The third-order valence-corrected chi connectivity index (χ3v) is 14.7. The largest absolute Gasteiger partial charge is 0.462 e. The summed E-state index contributed by atoms with van der Waals surface area (Å²) in [5.74, 6) is 0.0528. The molecule has 4 aliphatic carbocycles. The summed E-state index contributed by atoms with van der Waals surface area (Å²) in [5, 5.41) is 22.0. The number of aliphatic hydroxyl groups is 2. The highest BCUT2D eigenvalue weighted by atomic mass is 16.6. The summed E-state index contributed by atoms with van der Waals surface area (Å²) < 4.78 is 24.0. The molecule has 0 aromatic heterocycles. The van der Waals surface area contributed by atoms with Crippen LogP contribution in [0.25, 0.3) is 0 Å². The molecule has 0 aromatic rings. The molecule has 336 valence electrons. The summed E-state index contributed by atoms with van der Waals surface area (Å²) in [6.45, 7) is 20.3. The molecule has 0 amide bonds. The van der Waals surface area contributed by atoms with Crippen molar-refractivity contribution in [3.63, 3.8) is 0 Å². The summed E-state index contributed by atoms with van der Waals surface area (Å²) in [6, 6.07) is 0. The number of esters is 4. The van der Waals surface area contributed by atoms with E-state index < -0.39 is 47.2 Å². The van der Waals surface area contributed by atoms with E-state index in [-0.39, 0.29) is 90.8 Å². The van der Waals surface area contributed by atoms with Gasteiger partial charge in [-0.25, -0.2) is 0 Å². The van der Waals surface area contributed by atoms with Crippen molar-refractivity contribution in [1.82, 2.24) is 0 Å². The maximum atomic E-state index is 13.2. The van der Waals surface area contributed by atoms with Gasteiger partial charge in [0.25, 0.3) is 0 Å². The normalized spacial score (nSPS) is 33.9. The molecule has 1 fully saturated rings. The minimum Gasteiger partial charge on any atom is -0.462 e. The molecule has 0 spiro atoms. The van der Waals surface area contributed by atoms with Crippen molar-refractivity contribution in [3.05, 3.63) is 47.6 Å². The van der Waals surface area contributed by atoms with Crippen LogP contribution in [0, 0.1) is 58.2 Å². The first-order valence-electron chi connectivity index (χ1n) is 23.2. The van der Waals surface area contributed by atoms with E-state index >= 15 is 0 Å². The minimum absolute atomic E-state index is 0.0194. The predicted octanol–water partition coefficient (Wildman–Crippen LogP) is 9.17. The first-order valence-corrected chi connectivity index (χ1v) is 23.2. The second-order valence-electron chi connectivity index (χ2n) is 20.5. The molecule has 0 saturated carbocycles. The summed E-state index contributed by atoms with van der Waals surface area (Å²) >= 11 is 0. The summed E-state index contributed by atoms with van der Waals surface area (Å²) in [4.78, 5) is 52.3. The molecular formula is C50H76O10. The summed E-state index contributed by atoms with van der Waals surface area (Å²) in [5.41, 5.74) is 1.26. The van der Waals surface area contributed by atoms with Crippen LogP contribution < -0.4 is 0 Å². The summed E-state index contributed by atoms with van der Waals surface area (Å²) in [6.07, 6.45) is 15.2. The fourth-order valence-electron chi connectivity index (χ4n) is 10.1. The Balaban J connectivity index is 1.11. The molecule has 0 bridgehead atoms. The molecule has 5 rings (SSSR count). The monoisotopic (exact) mass is 837 g/mol. The van der Waals surface area contributed by atoms with Crippen LogP contribution in [0.4, 0.5) is 0 Å². The molecule has 60 heavy (non-hydrogen) atoms. The first kappa shape index (κ1) is 47.8. The zero-order valence-corrected chi connectivity index (χ0v) is 38.2. The Morgan fingerprint density at radius 3 is 1.73 bits per heavy atom. The van der Waals surface area contributed by atoms with Crippen LogP contribution in [0.15, 0.2) is 47.6 Å². The van der Waals surface area contributed by atoms with Crippen LogP contribution in [0.5, 0.6) is 0 Å². The lowest BCUT2D eigenvalue weighted by Gasteiger charge is -2.44. The lowest BCUT2D eigenvalue weighted by molar-refractivity contribution is -0.172. The van der Waals surface area contributed by atoms with Crippen LogP contribution in [-0.2, 0) is 38.1 Å². The van der Waals surface area contributed by atoms with E-state index in [1.54, 1.807) is 0 Å². The Labute approximate surface area is 360 Å². The van der Waals surface area contributed by atoms with Gasteiger partial charge in [0, 0.05) is 18.3 Å². The number of ether oxygens (including phenoxy) is 4. The van der Waals surface area contributed by atoms with Gasteiger partial charge in [-0.05, 0) is 132 Å². The maximum Gasteiger partial charge on any atom is 0.311 e. The quantitative estimate of drug-likeness (QED) is 0.107. The molecule has 2 N–H and O–H groups in total. The standard InChI is InChI=1S/C50H76O10/c1-11-49(7,8)47(55)59-41-23-29(3)21-33-15-13-31(5)39(45(33)41)19-17-35(51)25-36(52)26-43(53)58-38-27-37(57-44(54)28-38)18-20-40-32(6)14-16-34-22-30(4)24-42(46(34)40)60-48(56)50(9,10)12-2/h13-16,21-22,29-32,35-42,45-46,51-52H,11-12,17-20,23-28H2,1-10H3. The lowest BCUT2D eigenvalue weighted by Crippen LogP contribution is -2.43. The van der Waals surface area contributed by atoms with Gasteiger partial charge in [-0.15, -0.1) is 0 Å². The van der Waals surface area contributed by atoms with E-state index in [4.69, 9.17) is 18.9 Å². The summed E-state index contributed by atoms with van der Waals surface area (Å²) in [7, 11) is 0. The molecule has 0 radical (unpaired) electrons. The van der Waals surface area contributed by atoms with Crippen molar-refractivity contribution in [2.45, 2.75) is 183 Å². The minimum atomic E-state index is -1.11. The number of hydrogen-bond acceptors (Lipinski definition) is 10. The third kappa shape index (κ3) is 12.0. The van der Waals surface area contributed by atoms with Crippen molar-refractivity contribution >= 4 is 23.9 Å². The van der Waals surface area contributed by atoms with Crippen LogP contribution in [0.2, 0.25) is 0 Å². The van der Waals surface area contributed by atoms with Gasteiger partial charge in [-0.1, -0.05) is 78.0 Å². The molecule has 1 saturated heterocycles. The maximum absolute atomic E-state index is 13.2. The molecule has 0 aromatic carbocycles. The Bertz CT molecular complexity index is 1650.